The molecule has 1 heterocycles. The quantitative estimate of drug-likeness (QED) is 0.256. The Morgan fingerprint density at radius 2 is 1.52 bits per heavy atom. The van der Waals surface area contributed by atoms with Crippen molar-refractivity contribution in [3.8, 4) is 0 Å². The molecule has 0 unspecified atom stereocenters. The van der Waals surface area contributed by atoms with Gasteiger partial charge in [-0.05, 0) is 49.0 Å². The molecule has 0 N–H and O–H groups in total. The first-order chi connectivity index (χ1) is 13.2. The van der Waals surface area contributed by atoms with Crippen LogP contribution < -0.4 is 0 Å². The van der Waals surface area contributed by atoms with E-state index in [2.05, 4.69) is 6.92 Å². The van der Waals surface area contributed by atoms with E-state index in [4.69, 9.17) is 16.3 Å². The van der Waals surface area contributed by atoms with E-state index in [1.165, 1.54) is 57.8 Å². The largest absolute Gasteiger partial charge is 0.461 e. The Labute approximate surface area is 173 Å². The van der Waals surface area contributed by atoms with E-state index in [0.29, 0.717) is 0 Å². The molecule has 0 aromatic carbocycles. The minimum absolute atomic E-state index is 0.00664. The number of hydrogen-bond donors (Lipinski definition) is 0. The molecule has 1 aliphatic heterocycles. The van der Waals surface area contributed by atoms with Gasteiger partial charge in [-0.2, -0.15) is 0 Å². The van der Waals surface area contributed by atoms with Crippen LogP contribution in [0, 0.1) is 17.8 Å². The molecule has 155 valence electrons. The lowest BCUT2D eigenvalue weighted by Crippen LogP contribution is -2.33. The van der Waals surface area contributed by atoms with E-state index in [0.717, 1.165) is 36.1 Å². The number of hydrogen-bond acceptors (Lipinski definition) is 2. The third-order valence-electron chi connectivity index (χ3n) is 7.86. The smallest absolute Gasteiger partial charge is 0.321 e. The van der Waals surface area contributed by atoms with Crippen molar-refractivity contribution in [3.63, 3.8) is 0 Å². The summed E-state index contributed by atoms with van der Waals surface area (Å²) in [4.78, 5) is 11.4. The lowest BCUT2D eigenvalue weighted by atomic mass is 9.73. The van der Waals surface area contributed by atoms with E-state index < -0.39 is 0 Å². The molecule has 2 aliphatic carbocycles. The van der Waals surface area contributed by atoms with Crippen LogP contribution in [0.5, 0.6) is 0 Å². The van der Waals surface area contributed by atoms with Crippen molar-refractivity contribution in [2.75, 3.05) is 5.88 Å². The summed E-state index contributed by atoms with van der Waals surface area (Å²) in [5, 5.41) is 0. The molecular formula is C23H40ClO2Si. The van der Waals surface area contributed by atoms with Gasteiger partial charge in [-0.15, -0.1) is 11.6 Å². The second-order valence-corrected chi connectivity index (χ2v) is 12.9. The van der Waals surface area contributed by atoms with Crippen molar-refractivity contribution >= 4 is 26.4 Å². The van der Waals surface area contributed by atoms with Crippen LogP contribution in [-0.2, 0) is 9.53 Å². The first-order valence-corrected chi connectivity index (χ1v) is 14.3. The monoisotopic (exact) mass is 411 g/mol. The lowest BCUT2D eigenvalue weighted by molar-refractivity contribution is -0.148. The number of rotatable bonds is 7. The van der Waals surface area contributed by atoms with E-state index in [1.807, 2.05) is 0 Å². The van der Waals surface area contributed by atoms with Crippen LogP contribution >= 0.6 is 11.6 Å². The molecule has 0 spiro atoms. The maximum Gasteiger partial charge on any atom is 0.321 e. The van der Waals surface area contributed by atoms with Crippen molar-refractivity contribution in [1.82, 2.24) is 0 Å². The third-order valence-corrected chi connectivity index (χ3v) is 11.7. The second kappa shape index (κ2) is 11.2. The van der Waals surface area contributed by atoms with Crippen LogP contribution in [0.4, 0.5) is 0 Å². The molecule has 0 bridgehead atoms. The summed E-state index contributed by atoms with van der Waals surface area (Å²) >= 11 is 5.56. The van der Waals surface area contributed by atoms with Gasteiger partial charge in [-0.3, -0.25) is 4.79 Å². The number of halogens is 1. The Morgan fingerprint density at radius 1 is 0.926 bits per heavy atom. The summed E-state index contributed by atoms with van der Waals surface area (Å²) in [5.41, 5.74) is 1.12. The van der Waals surface area contributed by atoms with Crippen molar-refractivity contribution in [3.05, 3.63) is 0 Å². The predicted octanol–water partition coefficient (Wildman–Crippen LogP) is 6.98. The van der Waals surface area contributed by atoms with Crippen LogP contribution in [0.25, 0.3) is 0 Å². The number of ether oxygens (including phenoxy) is 1. The molecule has 4 heteroatoms. The molecule has 3 fully saturated rings. The van der Waals surface area contributed by atoms with Gasteiger partial charge in [0.2, 0.25) is 0 Å². The molecule has 3 rings (SSSR count). The number of esters is 1. The van der Waals surface area contributed by atoms with Crippen molar-refractivity contribution in [2.24, 2.45) is 17.8 Å². The lowest BCUT2D eigenvalue weighted by Gasteiger charge is -2.40. The maximum absolute atomic E-state index is 11.4. The van der Waals surface area contributed by atoms with Crippen molar-refractivity contribution in [2.45, 2.75) is 114 Å². The van der Waals surface area contributed by atoms with Gasteiger partial charge in [0, 0.05) is 0 Å². The highest BCUT2D eigenvalue weighted by Crippen LogP contribution is 2.46. The highest BCUT2D eigenvalue weighted by molar-refractivity contribution is 6.60. The van der Waals surface area contributed by atoms with Crippen LogP contribution in [-0.4, -0.2) is 26.8 Å². The Balaban J connectivity index is 1.33. The zero-order valence-corrected chi connectivity index (χ0v) is 19.2. The average molecular weight is 412 g/mol. The summed E-state index contributed by atoms with van der Waals surface area (Å²) in [6.07, 6.45) is 18.2. The number of carbonyl (C=O) groups is 1. The average Bonchev–Trinajstić information content (AvgIpc) is 2.73. The number of carbonyl (C=O) groups excluding carboxylic acids is 1. The van der Waals surface area contributed by atoms with Gasteiger partial charge < -0.3 is 4.74 Å². The van der Waals surface area contributed by atoms with E-state index in [-0.39, 0.29) is 26.8 Å². The van der Waals surface area contributed by atoms with Crippen LogP contribution in [0.15, 0.2) is 0 Å². The minimum Gasteiger partial charge on any atom is -0.461 e. The number of unbranched alkanes of at least 4 members (excludes halogenated alkanes) is 1. The standard InChI is InChI=1S/C23H40ClO2Si/c1-2-3-4-18-13-15-27(16-14-18)22-11-7-20(8-12-22)19-5-9-21(10-6-19)26-23(25)17-24/h18-22H,2-17H2,1H3. The SMILES string of the molecule is CCCCC1CC[Si](C2CCC(C3CCC(OC(=O)CCl)CC3)CC2)CC1. The van der Waals surface area contributed by atoms with Crippen molar-refractivity contribution < 1.29 is 9.53 Å². The fraction of sp³-hybridized carbons (Fsp3) is 0.957. The molecule has 2 saturated carbocycles. The van der Waals surface area contributed by atoms with E-state index in [9.17, 15) is 4.79 Å². The van der Waals surface area contributed by atoms with Gasteiger partial charge in [0.15, 0.2) is 0 Å². The summed E-state index contributed by atoms with van der Waals surface area (Å²) in [6.45, 7) is 2.33. The molecule has 0 aromatic heterocycles. The zero-order valence-electron chi connectivity index (χ0n) is 17.4. The highest BCUT2D eigenvalue weighted by atomic mass is 35.5. The summed E-state index contributed by atoms with van der Waals surface area (Å²) < 4.78 is 5.44. The second-order valence-electron chi connectivity index (χ2n) is 9.52. The third kappa shape index (κ3) is 6.49. The summed E-state index contributed by atoms with van der Waals surface area (Å²) in [6, 6.07) is 3.23. The van der Waals surface area contributed by atoms with Crippen LogP contribution in [0.2, 0.25) is 17.6 Å². The van der Waals surface area contributed by atoms with E-state index in [1.54, 1.807) is 24.9 Å². The molecular weight excluding hydrogens is 372 g/mol. The Kier molecular flexibility index (Phi) is 9.02. The molecule has 2 nitrogen and oxygen atoms in total. The van der Waals surface area contributed by atoms with Crippen LogP contribution in [0.3, 0.4) is 0 Å². The van der Waals surface area contributed by atoms with Gasteiger partial charge in [-0.1, -0.05) is 76.8 Å². The fourth-order valence-corrected chi connectivity index (χ4v) is 9.97. The van der Waals surface area contributed by atoms with Gasteiger partial charge in [0.05, 0.1) is 8.80 Å². The Hall–Kier alpha value is -0.0231. The Morgan fingerprint density at radius 3 is 2.07 bits per heavy atom. The Bertz CT molecular complexity index is 434. The first kappa shape index (κ1) is 21.7. The molecule has 0 aromatic rings. The van der Waals surface area contributed by atoms with Crippen LogP contribution in [0.1, 0.15) is 90.4 Å². The zero-order chi connectivity index (χ0) is 19.1. The van der Waals surface area contributed by atoms with Gasteiger partial charge in [0.25, 0.3) is 0 Å². The topological polar surface area (TPSA) is 26.3 Å². The summed E-state index contributed by atoms with van der Waals surface area (Å²) in [7, 11) is -0.0536. The molecule has 1 saturated heterocycles. The molecule has 0 amide bonds. The molecule has 0 atom stereocenters. The number of alkyl halides is 1. The first-order valence-electron chi connectivity index (χ1n) is 11.8. The van der Waals surface area contributed by atoms with Gasteiger partial charge in [-0.25, -0.2) is 0 Å². The van der Waals surface area contributed by atoms with Crippen molar-refractivity contribution in [1.29, 1.82) is 0 Å². The molecule has 1 radical (unpaired) electrons. The van der Waals surface area contributed by atoms with Gasteiger partial charge >= 0.3 is 5.97 Å². The predicted molar refractivity (Wildman–Crippen MR) is 116 cm³/mol. The van der Waals surface area contributed by atoms with Gasteiger partial charge in [0.1, 0.15) is 12.0 Å². The normalized spacial score (nSPS) is 33.7. The minimum atomic E-state index is -0.242. The molecule has 27 heavy (non-hydrogen) atoms. The maximum atomic E-state index is 11.4. The molecule has 3 aliphatic rings. The fourth-order valence-electron chi connectivity index (χ4n) is 6.13. The highest BCUT2D eigenvalue weighted by Gasteiger charge is 2.35. The van der Waals surface area contributed by atoms with E-state index >= 15 is 0 Å². The summed E-state index contributed by atoms with van der Waals surface area (Å²) in [5.74, 6) is 2.66.